The Morgan fingerprint density at radius 3 is 2.21 bits per heavy atom. The summed E-state index contributed by atoms with van der Waals surface area (Å²) in [7, 11) is 0. The molecular formula is C12H22O2. The van der Waals surface area contributed by atoms with Crippen LogP contribution in [-0.4, -0.2) is 24.9 Å². The van der Waals surface area contributed by atoms with Gasteiger partial charge in [0.15, 0.2) is 0 Å². The molecule has 1 atom stereocenters. The summed E-state index contributed by atoms with van der Waals surface area (Å²) in [5, 5.41) is 0. The fraction of sp³-hybridized carbons (Fsp3) is 1.00. The van der Waals surface area contributed by atoms with Crippen molar-refractivity contribution in [2.75, 3.05) is 6.61 Å². The predicted molar refractivity (Wildman–Crippen MR) is 56.4 cm³/mol. The highest BCUT2D eigenvalue weighted by molar-refractivity contribution is 4.71. The molecule has 0 spiro atoms. The summed E-state index contributed by atoms with van der Waals surface area (Å²) < 4.78 is 11.6. The van der Waals surface area contributed by atoms with Crippen LogP contribution in [0.15, 0.2) is 0 Å². The van der Waals surface area contributed by atoms with Gasteiger partial charge in [-0.05, 0) is 39.0 Å². The van der Waals surface area contributed by atoms with Gasteiger partial charge >= 0.3 is 0 Å². The normalized spacial score (nSPS) is 26.4. The standard InChI is InChI=1S/C12H22O2/c1-10(9-13-11-7-4-8-11)14-12-5-2-3-6-12/h10-12H,2-9H2,1H3. The van der Waals surface area contributed by atoms with Crippen molar-refractivity contribution in [3.8, 4) is 0 Å². The quantitative estimate of drug-likeness (QED) is 0.676. The first kappa shape index (κ1) is 10.4. The summed E-state index contributed by atoms with van der Waals surface area (Å²) in [5.41, 5.74) is 0. The minimum atomic E-state index is 0.290. The molecule has 2 saturated carbocycles. The third-order valence-electron chi connectivity index (χ3n) is 3.35. The van der Waals surface area contributed by atoms with E-state index < -0.39 is 0 Å². The van der Waals surface area contributed by atoms with Gasteiger partial charge in [-0.1, -0.05) is 12.8 Å². The Bertz CT molecular complexity index is 160. The third-order valence-corrected chi connectivity index (χ3v) is 3.35. The number of hydrogen-bond donors (Lipinski definition) is 0. The Hall–Kier alpha value is -0.0800. The molecule has 0 amide bonds. The van der Waals surface area contributed by atoms with E-state index >= 15 is 0 Å². The highest BCUT2D eigenvalue weighted by Crippen LogP contribution is 2.24. The lowest BCUT2D eigenvalue weighted by molar-refractivity contribution is -0.0812. The van der Waals surface area contributed by atoms with Gasteiger partial charge in [0, 0.05) is 0 Å². The van der Waals surface area contributed by atoms with Crippen molar-refractivity contribution in [2.24, 2.45) is 0 Å². The van der Waals surface area contributed by atoms with Crippen molar-refractivity contribution in [3.63, 3.8) is 0 Å². The number of hydrogen-bond acceptors (Lipinski definition) is 2. The lowest BCUT2D eigenvalue weighted by Gasteiger charge is -2.27. The van der Waals surface area contributed by atoms with Crippen molar-refractivity contribution in [2.45, 2.75) is 70.2 Å². The maximum Gasteiger partial charge on any atom is 0.0784 e. The number of ether oxygens (including phenoxy) is 2. The molecule has 2 heteroatoms. The van der Waals surface area contributed by atoms with Crippen LogP contribution in [0.5, 0.6) is 0 Å². The highest BCUT2D eigenvalue weighted by atomic mass is 16.5. The van der Waals surface area contributed by atoms with E-state index in [-0.39, 0.29) is 0 Å². The summed E-state index contributed by atoms with van der Waals surface area (Å²) in [6.45, 7) is 2.93. The Morgan fingerprint density at radius 1 is 1.00 bits per heavy atom. The average Bonchev–Trinajstić information content (AvgIpc) is 2.54. The second-order valence-corrected chi connectivity index (χ2v) is 4.74. The van der Waals surface area contributed by atoms with Crippen LogP contribution in [0.2, 0.25) is 0 Å². The molecule has 0 saturated heterocycles. The molecule has 2 aliphatic carbocycles. The fourth-order valence-corrected chi connectivity index (χ4v) is 2.20. The third kappa shape index (κ3) is 2.96. The summed E-state index contributed by atoms with van der Waals surface area (Å²) in [6.07, 6.45) is 10.4. The van der Waals surface area contributed by atoms with Gasteiger partial charge in [-0.2, -0.15) is 0 Å². The van der Waals surface area contributed by atoms with Crippen LogP contribution < -0.4 is 0 Å². The van der Waals surface area contributed by atoms with Gasteiger partial charge in [0.25, 0.3) is 0 Å². The zero-order chi connectivity index (χ0) is 9.80. The summed E-state index contributed by atoms with van der Waals surface area (Å²) in [4.78, 5) is 0. The van der Waals surface area contributed by atoms with E-state index in [1.165, 1.54) is 44.9 Å². The molecule has 2 rings (SSSR count). The first-order chi connectivity index (χ1) is 6.84. The second-order valence-electron chi connectivity index (χ2n) is 4.74. The zero-order valence-corrected chi connectivity index (χ0v) is 9.21. The van der Waals surface area contributed by atoms with E-state index in [4.69, 9.17) is 9.47 Å². The zero-order valence-electron chi connectivity index (χ0n) is 9.21. The Balaban J connectivity index is 1.55. The molecule has 82 valence electrons. The van der Waals surface area contributed by atoms with Crippen LogP contribution >= 0.6 is 0 Å². The van der Waals surface area contributed by atoms with Crippen LogP contribution in [0.25, 0.3) is 0 Å². The molecule has 14 heavy (non-hydrogen) atoms. The van der Waals surface area contributed by atoms with E-state index in [0.29, 0.717) is 18.3 Å². The lowest BCUT2D eigenvalue weighted by atomic mass is 9.96. The topological polar surface area (TPSA) is 18.5 Å². The first-order valence-electron chi connectivity index (χ1n) is 6.11. The van der Waals surface area contributed by atoms with Gasteiger partial charge in [0.05, 0.1) is 24.9 Å². The molecule has 0 bridgehead atoms. The monoisotopic (exact) mass is 198 g/mol. The summed E-state index contributed by atoms with van der Waals surface area (Å²) in [5.74, 6) is 0. The van der Waals surface area contributed by atoms with Crippen molar-refractivity contribution in [3.05, 3.63) is 0 Å². The van der Waals surface area contributed by atoms with Crippen molar-refractivity contribution >= 4 is 0 Å². The minimum Gasteiger partial charge on any atom is -0.376 e. The molecule has 0 radical (unpaired) electrons. The fourth-order valence-electron chi connectivity index (χ4n) is 2.20. The highest BCUT2D eigenvalue weighted by Gasteiger charge is 2.21. The minimum absolute atomic E-state index is 0.290. The van der Waals surface area contributed by atoms with Gasteiger partial charge in [0.1, 0.15) is 0 Å². The van der Waals surface area contributed by atoms with E-state index in [0.717, 1.165) is 6.61 Å². The lowest BCUT2D eigenvalue weighted by Crippen LogP contribution is -2.28. The Morgan fingerprint density at radius 2 is 1.64 bits per heavy atom. The molecule has 2 aliphatic rings. The van der Waals surface area contributed by atoms with Crippen LogP contribution in [-0.2, 0) is 9.47 Å². The van der Waals surface area contributed by atoms with Crippen molar-refractivity contribution in [1.29, 1.82) is 0 Å². The summed E-state index contributed by atoms with van der Waals surface area (Å²) >= 11 is 0. The SMILES string of the molecule is CC(COC1CCC1)OC1CCCC1. The van der Waals surface area contributed by atoms with E-state index in [1.54, 1.807) is 0 Å². The second kappa shape index (κ2) is 5.13. The molecule has 0 aromatic rings. The van der Waals surface area contributed by atoms with Crippen molar-refractivity contribution in [1.82, 2.24) is 0 Å². The van der Waals surface area contributed by atoms with Gasteiger partial charge < -0.3 is 9.47 Å². The van der Waals surface area contributed by atoms with E-state index in [1.807, 2.05) is 0 Å². The molecule has 0 aromatic carbocycles. The molecule has 0 heterocycles. The molecule has 0 aromatic heterocycles. The maximum atomic E-state index is 5.91. The van der Waals surface area contributed by atoms with Gasteiger partial charge in [-0.25, -0.2) is 0 Å². The largest absolute Gasteiger partial charge is 0.376 e. The average molecular weight is 198 g/mol. The smallest absolute Gasteiger partial charge is 0.0784 e. The Kier molecular flexibility index (Phi) is 3.82. The Labute approximate surface area is 87.0 Å². The number of rotatable bonds is 5. The van der Waals surface area contributed by atoms with Gasteiger partial charge in [0.2, 0.25) is 0 Å². The maximum absolute atomic E-state index is 5.91. The van der Waals surface area contributed by atoms with E-state index in [2.05, 4.69) is 6.92 Å². The molecule has 2 nitrogen and oxygen atoms in total. The molecule has 0 aliphatic heterocycles. The first-order valence-corrected chi connectivity index (χ1v) is 6.11. The molecule has 0 N–H and O–H groups in total. The van der Waals surface area contributed by atoms with E-state index in [9.17, 15) is 0 Å². The predicted octanol–water partition coefficient (Wildman–Crippen LogP) is 2.90. The van der Waals surface area contributed by atoms with Crippen LogP contribution in [0.4, 0.5) is 0 Å². The molecule has 2 fully saturated rings. The summed E-state index contributed by atoms with van der Waals surface area (Å²) in [6, 6.07) is 0. The van der Waals surface area contributed by atoms with Crippen molar-refractivity contribution < 1.29 is 9.47 Å². The van der Waals surface area contributed by atoms with Gasteiger partial charge in [-0.15, -0.1) is 0 Å². The van der Waals surface area contributed by atoms with Crippen LogP contribution in [0, 0.1) is 0 Å². The van der Waals surface area contributed by atoms with Crippen LogP contribution in [0.3, 0.4) is 0 Å². The molecule has 1 unspecified atom stereocenters. The molecular weight excluding hydrogens is 176 g/mol. The van der Waals surface area contributed by atoms with Crippen LogP contribution in [0.1, 0.15) is 51.9 Å². The van der Waals surface area contributed by atoms with Gasteiger partial charge in [-0.3, -0.25) is 0 Å².